The fourth-order valence-corrected chi connectivity index (χ4v) is 2.55. The van der Waals surface area contributed by atoms with Gasteiger partial charge in [-0.3, -0.25) is 9.48 Å². The molecular weight excluding hydrogens is 328 g/mol. The van der Waals surface area contributed by atoms with Crippen LogP contribution in [0.4, 0.5) is 8.78 Å². The molecule has 0 aliphatic heterocycles. The largest absolute Gasteiger partial charge is 0.478 e. The van der Waals surface area contributed by atoms with E-state index in [2.05, 4.69) is 17.3 Å². The van der Waals surface area contributed by atoms with Crippen molar-refractivity contribution in [2.24, 2.45) is 0 Å². The Morgan fingerprint density at radius 3 is 2.72 bits per heavy atom. The summed E-state index contributed by atoms with van der Waals surface area (Å²) in [6.45, 7) is 8.59. The molecule has 0 radical (unpaired) electrons. The second-order valence-electron chi connectivity index (χ2n) is 5.93. The second kappa shape index (κ2) is 8.09. The summed E-state index contributed by atoms with van der Waals surface area (Å²) in [7, 11) is 0. The average molecular weight is 351 g/mol. The van der Waals surface area contributed by atoms with Crippen molar-refractivity contribution in [3.05, 3.63) is 46.8 Å². The van der Waals surface area contributed by atoms with Crippen LogP contribution in [0.15, 0.2) is 18.2 Å². The molecule has 0 fully saturated rings. The van der Waals surface area contributed by atoms with Gasteiger partial charge < -0.3 is 10.1 Å². The highest BCUT2D eigenvalue weighted by molar-refractivity contribution is 5.80. The molecule has 0 spiro atoms. The van der Waals surface area contributed by atoms with Crippen LogP contribution in [0.5, 0.6) is 5.75 Å². The lowest BCUT2D eigenvalue weighted by Gasteiger charge is -2.15. The number of ether oxygens (including phenoxy) is 1. The molecule has 25 heavy (non-hydrogen) atoms. The minimum Gasteiger partial charge on any atom is -0.478 e. The zero-order valence-corrected chi connectivity index (χ0v) is 14.9. The van der Waals surface area contributed by atoms with E-state index < -0.39 is 17.7 Å². The van der Waals surface area contributed by atoms with Gasteiger partial charge >= 0.3 is 0 Å². The highest BCUT2D eigenvalue weighted by Gasteiger charge is 2.18. The number of nitrogens with zero attached hydrogens (tertiary/aromatic N) is 2. The summed E-state index contributed by atoms with van der Waals surface area (Å²) < 4.78 is 33.7. The molecule has 2 rings (SSSR count). The van der Waals surface area contributed by atoms with Crippen LogP contribution in [-0.2, 0) is 17.9 Å². The highest BCUT2D eigenvalue weighted by atomic mass is 19.1. The van der Waals surface area contributed by atoms with Crippen molar-refractivity contribution in [3.63, 3.8) is 0 Å². The fraction of sp³-hybridized carbons (Fsp3) is 0.444. The van der Waals surface area contributed by atoms with Crippen LogP contribution in [0.2, 0.25) is 0 Å². The van der Waals surface area contributed by atoms with Crippen LogP contribution in [0.3, 0.4) is 0 Å². The van der Waals surface area contributed by atoms with Crippen molar-refractivity contribution in [1.82, 2.24) is 15.1 Å². The fourth-order valence-electron chi connectivity index (χ4n) is 2.55. The lowest BCUT2D eigenvalue weighted by molar-refractivity contribution is -0.127. The van der Waals surface area contributed by atoms with Gasteiger partial charge in [-0.1, -0.05) is 6.92 Å². The van der Waals surface area contributed by atoms with E-state index in [1.807, 2.05) is 18.5 Å². The number of nitrogens with one attached hydrogen (secondary N) is 1. The normalized spacial score (nSPS) is 12.1. The minimum absolute atomic E-state index is 0.160. The van der Waals surface area contributed by atoms with E-state index in [9.17, 15) is 13.6 Å². The van der Waals surface area contributed by atoms with Crippen LogP contribution in [0, 0.1) is 25.5 Å². The number of halogens is 2. The Morgan fingerprint density at radius 2 is 2.08 bits per heavy atom. The molecule has 1 heterocycles. The van der Waals surface area contributed by atoms with Gasteiger partial charge in [-0.05, 0) is 39.3 Å². The molecule has 0 saturated heterocycles. The van der Waals surface area contributed by atoms with Crippen LogP contribution >= 0.6 is 0 Å². The number of carbonyl (C=O) groups is 1. The Bertz CT molecular complexity index is 759. The van der Waals surface area contributed by atoms with E-state index >= 15 is 0 Å². The van der Waals surface area contributed by atoms with Gasteiger partial charge in [0, 0.05) is 30.4 Å². The number of carbonyl (C=O) groups excluding carboxylic acids is 1. The van der Waals surface area contributed by atoms with Gasteiger partial charge in [0.05, 0.1) is 5.69 Å². The number of aryl methyl sites for hydroxylation is 2. The van der Waals surface area contributed by atoms with E-state index in [-0.39, 0.29) is 11.7 Å². The SMILES string of the molecule is CCCn1nc(C)c(CNC(=O)C(C)Oc2ccc(F)cc2F)c1C. The summed E-state index contributed by atoms with van der Waals surface area (Å²) in [6, 6.07) is 2.96. The second-order valence-corrected chi connectivity index (χ2v) is 5.93. The topological polar surface area (TPSA) is 56.2 Å². The van der Waals surface area contributed by atoms with Gasteiger partial charge in [-0.15, -0.1) is 0 Å². The number of hydrogen-bond donors (Lipinski definition) is 1. The molecular formula is C18H23F2N3O2. The maximum Gasteiger partial charge on any atom is 0.261 e. The van der Waals surface area contributed by atoms with Gasteiger partial charge in [0.2, 0.25) is 0 Å². The maximum atomic E-state index is 13.6. The van der Waals surface area contributed by atoms with Gasteiger partial charge in [0.1, 0.15) is 5.82 Å². The minimum atomic E-state index is -0.911. The van der Waals surface area contributed by atoms with Crippen molar-refractivity contribution >= 4 is 5.91 Å². The Morgan fingerprint density at radius 1 is 1.36 bits per heavy atom. The number of benzene rings is 1. The molecule has 7 heteroatoms. The first-order valence-electron chi connectivity index (χ1n) is 8.25. The van der Waals surface area contributed by atoms with Gasteiger partial charge in [0.15, 0.2) is 17.7 Å². The number of amides is 1. The third-order valence-electron chi connectivity index (χ3n) is 3.97. The first-order valence-corrected chi connectivity index (χ1v) is 8.25. The zero-order chi connectivity index (χ0) is 18.6. The number of hydrogen-bond acceptors (Lipinski definition) is 3. The predicted octanol–water partition coefficient (Wildman–Crippen LogP) is 3.27. The molecule has 0 aliphatic carbocycles. The molecule has 0 saturated carbocycles. The summed E-state index contributed by atoms with van der Waals surface area (Å²) in [5.41, 5.74) is 2.84. The highest BCUT2D eigenvalue weighted by Crippen LogP contribution is 2.19. The van der Waals surface area contributed by atoms with E-state index in [0.29, 0.717) is 6.54 Å². The Hall–Kier alpha value is -2.44. The molecule has 2 aromatic rings. The lowest BCUT2D eigenvalue weighted by atomic mass is 10.2. The van der Waals surface area contributed by atoms with Crippen LogP contribution in [-0.4, -0.2) is 21.8 Å². The number of aromatic nitrogens is 2. The van der Waals surface area contributed by atoms with Crippen molar-refractivity contribution in [3.8, 4) is 5.75 Å². The summed E-state index contributed by atoms with van der Waals surface area (Å²) in [4.78, 5) is 12.2. The molecule has 1 N–H and O–H groups in total. The van der Waals surface area contributed by atoms with Gasteiger partial charge in [-0.2, -0.15) is 5.10 Å². The smallest absolute Gasteiger partial charge is 0.261 e. The standard InChI is InChI=1S/C18H23F2N3O2/c1-5-8-23-12(3)15(11(2)22-23)10-21-18(24)13(4)25-17-7-6-14(19)9-16(17)20/h6-7,9,13H,5,8,10H2,1-4H3,(H,21,24). The van der Waals surface area contributed by atoms with Crippen LogP contribution in [0.1, 0.15) is 37.2 Å². The third kappa shape index (κ3) is 4.55. The van der Waals surface area contributed by atoms with Crippen LogP contribution in [0.25, 0.3) is 0 Å². The van der Waals surface area contributed by atoms with Gasteiger partial charge in [-0.25, -0.2) is 8.78 Å². The van der Waals surface area contributed by atoms with E-state index in [4.69, 9.17) is 4.74 Å². The van der Waals surface area contributed by atoms with Crippen LogP contribution < -0.4 is 10.1 Å². The maximum absolute atomic E-state index is 13.6. The predicted molar refractivity (Wildman–Crippen MR) is 90.3 cm³/mol. The molecule has 0 aliphatic rings. The summed E-state index contributed by atoms with van der Waals surface area (Å²) in [5.74, 6) is -2.08. The van der Waals surface area contributed by atoms with Crippen molar-refractivity contribution < 1.29 is 18.3 Å². The van der Waals surface area contributed by atoms with E-state index in [0.717, 1.165) is 48.1 Å². The van der Waals surface area contributed by atoms with Crippen molar-refractivity contribution in [2.45, 2.75) is 53.3 Å². The molecule has 1 amide bonds. The number of rotatable bonds is 7. The first-order chi connectivity index (χ1) is 11.8. The monoisotopic (exact) mass is 351 g/mol. The molecule has 1 aromatic carbocycles. The van der Waals surface area contributed by atoms with E-state index in [1.54, 1.807) is 0 Å². The summed E-state index contributed by atoms with van der Waals surface area (Å²) in [6.07, 6.45) is 0.0632. The van der Waals surface area contributed by atoms with E-state index in [1.165, 1.54) is 6.92 Å². The van der Waals surface area contributed by atoms with Crippen molar-refractivity contribution in [2.75, 3.05) is 0 Å². The third-order valence-corrected chi connectivity index (χ3v) is 3.97. The Labute approximate surface area is 146 Å². The lowest BCUT2D eigenvalue weighted by Crippen LogP contribution is -2.36. The van der Waals surface area contributed by atoms with Gasteiger partial charge in [0.25, 0.3) is 5.91 Å². The quantitative estimate of drug-likeness (QED) is 0.833. The Kier molecular flexibility index (Phi) is 6.12. The molecule has 5 nitrogen and oxygen atoms in total. The molecule has 1 aromatic heterocycles. The zero-order valence-electron chi connectivity index (χ0n) is 14.9. The molecule has 136 valence electrons. The summed E-state index contributed by atoms with van der Waals surface area (Å²) >= 11 is 0. The molecule has 1 atom stereocenters. The molecule has 1 unspecified atom stereocenters. The first kappa shape index (κ1) is 18.9. The molecule has 0 bridgehead atoms. The average Bonchev–Trinajstić information content (AvgIpc) is 2.82. The van der Waals surface area contributed by atoms with Crippen molar-refractivity contribution in [1.29, 1.82) is 0 Å². The Balaban J connectivity index is 1.98. The summed E-state index contributed by atoms with van der Waals surface area (Å²) in [5, 5.41) is 7.23.